The second-order valence-electron chi connectivity index (χ2n) is 4.77. The molecule has 1 N–H and O–H groups in total. The molecule has 22 heavy (non-hydrogen) atoms. The standard InChI is InChI=1S/C15H15F2N3OS/c16-11-1-3-14(13(17)9-11)19-18-10-12-2-4-15(22-12)20-5-7-21-8-6-20/h1-4,9-10,19H,5-8H2/b18-10-. The van der Waals surface area contributed by atoms with Gasteiger partial charge in [-0.15, -0.1) is 11.3 Å². The Hall–Kier alpha value is -1.99. The Morgan fingerprint density at radius 1 is 1.18 bits per heavy atom. The van der Waals surface area contributed by atoms with E-state index < -0.39 is 11.6 Å². The third-order valence-electron chi connectivity index (χ3n) is 3.24. The maximum Gasteiger partial charge on any atom is 0.151 e. The lowest BCUT2D eigenvalue weighted by Gasteiger charge is -2.27. The van der Waals surface area contributed by atoms with Crippen LogP contribution in [0.4, 0.5) is 19.5 Å². The van der Waals surface area contributed by atoms with Crippen molar-refractivity contribution in [3.05, 3.63) is 46.8 Å². The lowest BCUT2D eigenvalue weighted by atomic mass is 10.3. The van der Waals surface area contributed by atoms with Gasteiger partial charge in [-0.1, -0.05) is 0 Å². The van der Waals surface area contributed by atoms with Gasteiger partial charge in [0, 0.05) is 24.0 Å². The average Bonchev–Trinajstić information content (AvgIpc) is 2.99. The molecular weight excluding hydrogens is 308 g/mol. The molecule has 7 heteroatoms. The van der Waals surface area contributed by atoms with Gasteiger partial charge in [0.25, 0.3) is 0 Å². The van der Waals surface area contributed by atoms with Crippen LogP contribution in [0.5, 0.6) is 0 Å². The Morgan fingerprint density at radius 3 is 2.77 bits per heavy atom. The van der Waals surface area contributed by atoms with Gasteiger partial charge in [-0.2, -0.15) is 5.10 Å². The highest BCUT2D eigenvalue weighted by atomic mass is 32.1. The van der Waals surface area contributed by atoms with Crippen LogP contribution in [0.2, 0.25) is 0 Å². The van der Waals surface area contributed by atoms with Crippen molar-refractivity contribution in [3.63, 3.8) is 0 Å². The van der Waals surface area contributed by atoms with Gasteiger partial charge < -0.3 is 9.64 Å². The van der Waals surface area contributed by atoms with Crippen LogP contribution < -0.4 is 10.3 Å². The van der Waals surface area contributed by atoms with Crippen molar-refractivity contribution >= 4 is 28.2 Å². The predicted octanol–water partition coefficient (Wildman–Crippen LogP) is 3.31. The first-order valence-corrected chi connectivity index (χ1v) is 7.71. The number of hydrazone groups is 1. The molecule has 2 heterocycles. The quantitative estimate of drug-likeness (QED) is 0.693. The minimum absolute atomic E-state index is 0.141. The number of halogens is 2. The fourth-order valence-corrected chi connectivity index (χ4v) is 3.04. The largest absolute Gasteiger partial charge is 0.378 e. The van der Waals surface area contributed by atoms with Crippen molar-refractivity contribution in [2.75, 3.05) is 36.6 Å². The molecule has 2 aromatic rings. The number of thiophene rings is 1. The monoisotopic (exact) mass is 323 g/mol. The zero-order valence-corrected chi connectivity index (χ0v) is 12.6. The minimum atomic E-state index is -0.669. The molecule has 0 saturated carbocycles. The molecule has 0 aliphatic carbocycles. The number of hydrogen-bond acceptors (Lipinski definition) is 5. The third kappa shape index (κ3) is 3.61. The van der Waals surface area contributed by atoms with Gasteiger partial charge in [0.2, 0.25) is 0 Å². The molecule has 1 aromatic heterocycles. The number of anilines is 2. The number of ether oxygens (including phenoxy) is 1. The minimum Gasteiger partial charge on any atom is -0.378 e. The summed E-state index contributed by atoms with van der Waals surface area (Å²) in [5.41, 5.74) is 2.72. The molecule has 116 valence electrons. The van der Waals surface area contributed by atoms with Gasteiger partial charge in [-0.05, 0) is 24.3 Å². The second-order valence-corrected chi connectivity index (χ2v) is 5.86. The highest BCUT2D eigenvalue weighted by Crippen LogP contribution is 2.25. The Kier molecular flexibility index (Phi) is 4.65. The Labute approximate surface area is 131 Å². The van der Waals surface area contributed by atoms with Crippen LogP contribution in [0.15, 0.2) is 35.4 Å². The summed E-state index contributed by atoms with van der Waals surface area (Å²) in [7, 11) is 0. The van der Waals surface area contributed by atoms with Crippen molar-refractivity contribution in [1.82, 2.24) is 0 Å². The van der Waals surface area contributed by atoms with Crippen molar-refractivity contribution in [2.24, 2.45) is 5.10 Å². The summed E-state index contributed by atoms with van der Waals surface area (Å²) in [6.07, 6.45) is 1.62. The second kappa shape index (κ2) is 6.85. The fraction of sp³-hybridized carbons (Fsp3) is 0.267. The summed E-state index contributed by atoms with van der Waals surface area (Å²) in [5, 5.41) is 5.16. The van der Waals surface area contributed by atoms with Crippen LogP contribution in [0.1, 0.15) is 4.88 Å². The van der Waals surface area contributed by atoms with E-state index in [-0.39, 0.29) is 5.69 Å². The lowest BCUT2D eigenvalue weighted by molar-refractivity contribution is 0.123. The highest BCUT2D eigenvalue weighted by Gasteiger charge is 2.12. The van der Waals surface area contributed by atoms with E-state index in [1.54, 1.807) is 17.6 Å². The number of morpholine rings is 1. The number of benzene rings is 1. The summed E-state index contributed by atoms with van der Waals surface area (Å²) in [6, 6.07) is 7.31. The fourth-order valence-electron chi connectivity index (χ4n) is 2.11. The summed E-state index contributed by atoms with van der Waals surface area (Å²) < 4.78 is 31.6. The van der Waals surface area contributed by atoms with Crippen molar-refractivity contribution in [2.45, 2.75) is 0 Å². The number of hydrogen-bond donors (Lipinski definition) is 1. The van der Waals surface area contributed by atoms with Crippen molar-refractivity contribution < 1.29 is 13.5 Å². The molecule has 0 unspecified atom stereocenters. The molecule has 1 fully saturated rings. The number of nitrogens with zero attached hydrogens (tertiary/aromatic N) is 2. The molecule has 0 radical (unpaired) electrons. The Morgan fingerprint density at radius 2 is 2.00 bits per heavy atom. The molecular formula is C15H15F2N3OS. The highest BCUT2D eigenvalue weighted by molar-refractivity contribution is 7.17. The van der Waals surface area contributed by atoms with Crippen LogP contribution in [-0.2, 0) is 4.74 Å². The van der Waals surface area contributed by atoms with Crippen LogP contribution in [0, 0.1) is 11.6 Å². The van der Waals surface area contributed by atoms with Crippen LogP contribution in [0.25, 0.3) is 0 Å². The van der Waals surface area contributed by atoms with E-state index in [0.717, 1.165) is 42.2 Å². The molecule has 1 aromatic carbocycles. The van der Waals surface area contributed by atoms with Crippen LogP contribution in [-0.4, -0.2) is 32.5 Å². The van der Waals surface area contributed by atoms with E-state index in [1.165, 1.54) is 12.1 Å². The van der Waals surface area contributed by atoms with Gasteiger partial charge >= 0.3 is 0 Å². The Balaban J connectivity index is 1.62. The van der Waals surface area contributed by atoms with Gasteiger partial charge in [0.15, 0.2) is 5.82 Å². The van der Waals surface area contributed by atoms with E-state index in [2.05, 4.69) is 15.4 Å². The van der Waals surface area contributed by atoms with Gasteiger partial charge in [-0.25, -0.2) is 8.78 Å². The molecule has 1 aliphatic rings. The van der Waals surface area contributed by atoms with E-state index in [4.69, 9.17) is 4.74 Å². The predicted molar refractivity (Wildman–Crippen MR) is 84.9 cm³/mol. The topological polar surface area (TPSA) is 36.9 Å². The lowest BCUT2D eigenvalue weighted by Crippen LogP contribution is -2.35. The van der Waals surface area contributed by atoms with Crippen LogP contribution >= 0.6 is 11.3 Å². The first-order valence-electron chi connectivity index (χ1n) is 6.89. The maximum absolute atomic E-state index is 13.4. The van der Waals surface area contributed by atoms with Gasteiger partial charge in [0.05, 0.1) is 30.1 Å². The molecule has 0 amide bonds. The molecule has 4 nitrogen and oxygen atoms in total. The van der Waals surface area contributed by atoms with Gasteiger partial charge in [0.1, 0.15) is 5.82 Å². The molecule has 1 aliphatic heterocycles. The normalized spacial score (nSPS) is 15.5. The Bertz CT molecular complexity index is 669. The SMILES string of the molecule is Fc1ccc(N/N=C\c2ccc(N3CCOCC3)s2)c(F)c1. The molecule has 0 spiro atoms. The van der Waals surface area contributed by atoms with Gasteiger partial charge in [-0.3, -0.25) is 5.43 Å². The molecule has 3 rings (SSSR count). The van der Waals surface area contributed by atoms with Crippen molar-refractivity contribution in [1.29, 1.82) is 0 Å². The van der Waals surface area contributed by atoms with E-state index in [0.29, 0.717) is 0 Å². The number of nitrogens with one attached hydrogen (secondary N) is 1. The van der Waals surface area contributed by atoms with E-state index >= 15 is 0 Å². The molecule has 0 atom stereocenters. The first kappa shape index (κ1) is 14.9. The maximum atomic E-state index is 13.4. The van der Waals surface area contributed by atoms with Crippen molar-refractivity contribution in [3.8, 4) is 0 Å². The van der Waals surface area contributed by atoms with E-state index in [9.17, 15) is 8.78 Å². The zero-order chi connectivity index (χ0) is 15.4. The van der Waals surface area contributed by atoms with Crippen LogP contribution in [0.3, 0.4) is 0 Å². The first-order chi connectivity index (χ1) is 10.7. The smallest absolute Gasteiger partial charge is 0.151 e. The summed E-state index contributed by atoms with van der Waals surface area (Å²) >= 11 is 1.61. The summed E-state index contributed by atoms with van der Waals surface area (Å²) in [6.45, 7) is 3.26. The average molecular weight is 323 g/mol. The summed E-state index contributed by atoms with van der Waals surface area (Å²) in [4.78, 5) is 3.22. The summed E-state index contributed by atoms with van der Waals surface area (Å²) in [5.74, 6) is -1.28. The zero-order valence-electron chi connectivity index (χ0n) is 11.8. The molecule has 0 bridgehead atoms. The number of rotatable bonds is 4. The van der Waals surface area contributed by atoms with E-state index in [1.807, 2.05) is 12.1 Å². The third-order valence-corrected chi connectivity index (χ3v) is 4.32. The molecule has 1 saturated heterocycles.